The van der Waals surface area contributed by atoms with Crippen LogP contribution in [0, 0.1) is 23.2 Å². The molecule has 4 heteroatoms. The van der Waals surface area contributed by atoms with Crippen molar-refractivity contribution in [2.24, 2.45) is 11.8 Å². The Bertz CT molecular complexity index is 564. The highest BCUT2D eigenvalue weighted by Crippen LogP contribution is 2.42. The summed E-state index contributed by atoms with van der Waals surface area (Å²) in [4.78, 5) is 13.7. The molecule has 20 heavy (non-hydrogen) atoms. The van der Waals surface area contributed by atoms with E-state index in [4.69, 9.17) is 5.26 Å². The maximum atomic E-state index is 11.6. The maximum Gasteiger partial charge on any atom is 0.321 e. The first-order chi connectivity index (χ1) is 9.69. The molecule has 0 aromatic heterocycles. The highest BCUT2D eigenvalue weighted by Gasteiger charge is 2.47. The van der Waals surface area contributed by atoms with Crippen LogP contribution < -0.4 is 0 Å². The highest BCUT2D eigenvalue weighted by molar-refractivity contribution is 5.74. The molecule has 1 aliphatic heterocycles. The van der Waals surface area contributed by atoms with Crippen molar-refractivity contribution in [1.29, 1.82) is 5.26 Å². The van der Waals surface area contributed by atoms with Crippen LogP contribution in [0.2, 0.25) is 0 Å². The molecule has 104 valence electrons. The zero-order chi connectivity index (χ0) is 14.1. The monoisotopic (exact) mass is 270 g/mol. The van der Waals surface area contributed by atoms with Gasteiger partial charge in [0.25, 0.3) is 0 Å². The average Bonchev–Trinajstić information content (AvgIpc) is 2.98. The standard InChI is InChI=1S/C16H18N2O2/c17-8-11-3-1-4-12(7-11)9-18-10-13-5-2-6-14(13)15(18)16(19)20/h1,3-4,7,13-15H,2,5-6,9-10H2,(H,19,20). The molecule has 2 aliphatic rings. The van der Waals surface area contributed by atoms with Crippen molar-refractivity contribution in [1.82, 2.24) is 4.90 Å². The molecule has 0 spiro atoms. The number of carbonyl (C=O) groups is 1. The third kappa shape index (κ3) is 2.30. The number of carboxylic acid groups (broad SMARTS) is 1. The lowest BCUT2D eigenvalue weighted by Gasteiger charge is -2.24. The van der Waals surface area contributed by atoms with Gasteiger partial charge in [-0.1, -0.05) is 18.6 Å². The Morgan fingerprint density at radius 2 is 2.30 bits per heavy atom. The second kappa shape index (κ2) is 5.26. The maximum absolute atomic E-state index is 11.6. The molecule has 3 atom stereocenters. The number of nitrogens with zero attached hydrogens (tertiary/aromatic N) is 2. The van der Waals surface area contributed by atoms with E-state index in [0.717, 1.165) is 31.4 Å². The fourth-order valence-electron chi connectivity index (χ4n) is 3.87. The van der Waals surface area contributed by atoms with Crippen molar-refractivity contribution in [3.63, 3.8) is 0 Å². The van der Waals surface area contributed by atoms with Gasteiger partial charge in [0.2, 0.25) is 0 Å². The van der Waals surface area contributed by atoms with E-state index in [0.29, 0.717) is 23.9 Å². The van der Waals surface area contributed by atoms with Gasteiger partial charge in [0.15, 0.2) is 0 Å². The van der Waals surface area contributed by atoms with Gasteiger partial charge in [-0.3, -0.25) is 9.69 Å². The molecular weight excluding hydrogens is 252 g/mol. The summed E-state index contributed by atoms with van der Waals surface area (Å²) in [5.74, 6) is 0.151. The quantitative estimate of drug-likeness (QED) is 0.915. The summed E-state index contributed by atoms with van der Waals surface area (Å²) in [6.45, 7) is 1.50. The molecular formula is C16H18N2O2. The fraction of sp³-hybridized carbons (Fsp3) is 0.500. The van der Waals surface area contributed by atoms with Crippen molar-refractivity contribution in [2.45, 2.75) is 31.8 Å². The van der Waals surface area contributed by atoms with E-state index >= 15 is 0 Å². The summed E-state index contributed by atoms with van der Waals surface area (Å²) < 4.78 is 0. The minimum Gasteiger partial charge on any atom is -0.480 e. The number of likely N-dealkylation sites (tertiary alicyclic amines) is 1. The van der Waals surface area contributed by atoms with E-state index in [2.05, 4.69) is 11.0 Å². The summed E-state index contributed by atoms with van der Waals surface area (Å²) in [5, 5.41) is 18.5. The molecule has 1 aliphatic carbocycles. The summed E-state index contributed by atoms with van der Waals surface area (Å²) in [6.07, 6.45) is 3.36. The van der Waals surface area contributed by atoms with Crippen molar-refractivity contribution in [3.05, 3.63) is 35.4 Å². The number of benzene rings is 1. The molecule has 1 saturated heterocycles. The van der Waals surface area contributed by atoms with Crippen LogP contribution in [0.4, 0.5) is 0 Å². The van der Waals surface area contributed by atoms with Crippen molar-refractivity contribution < 1.29 is 9.90 Å². The lowest BCUT2D eigenvalue weighted by atomic mass is 9.94. The molecule has 1 N–H and O–H groups in total. The number of carboxylic acids is 1. The van der Waals surface area contributed by atoms with Gasteiger partial charge in [-0.25, -0.2) is 0 Å². The van der Waals surface area contributed by atoms with E-state index in [-0.39, 0.29) is 6.04 Å². The number of nitriles is 1. The molecule has 0 bridgehead atoms. The number of hydrogen-bond acceptors (Lipinski definition) is 3. The van der Waals surface area contributed by atoms with Crippen LogP contribution in [0.25, 0.3) is 0 Å². The van der Waals surface area contributed by atoms with E-state index in [9.17, 15) is 9.90 Å². The third-order valence-corrected chi connectivity index (χ3v) is 4.68. The van der Waals surface area contributed by atoms with Crippen LogP contribution in [0.1, 0.15) is 30.4 Å². The number of aliphatic carboxylic acids is 1. The van der Waals surface area contributed by atoms with Gasteiger partial charge in [0.05, 0.1) is 11.6 Å². The van der Waals surface area contributed by atoms with Crippen LogP contribution in [-0.4, -0.2) is 28.6 Å². The van der Waals surface area contributed by atoms with E-state index in [1.165, 1.54) is 0 Å². The Morgan fingerprint density at radius 3 is 3.05 bits per heavy atom. The van der Waals surface area contributed by atoms with E-state index in [1.54, 1.807) is 6.07 Å². The van der Waals surface area contributed by atoms with Gasteiger partial charge < -0.3 is 5.11 Å². The Balaban J connectivity index is 1.79. The SMILES string of the molecule is N#Cc1cccc(CN2CC3CCCC3C2C(=O)O)c1. The van der Waals surface area contributed by atoms with E-state index in [1.807, 2.05) is 18.2 Å². The first-order valence-electron chi connectivity index (χ1n) is 7.15. The van der Waals surface area contributed by atoms with Crippen LogP contribution in [0.15, 0.2) is 24.3 Å². The predicted molar refractivity (Wildman–Crippen MR) is 73.8 cm³/mol. The van der Waals surface area contributed by atoms with Gasteiger partial charge in [-0.05, 0) is 42.4 Å². The predicted octanol–water partition coefficient (Wildman–Crippen LogP) is 2.24. The molecule has 1 saturated carbocycles. The minimum atomic E-state index is -0.698. The smallest absolute Gasteiger partial charge is 0.321 e. The molecule has 3 rings (SSSR count). The lowest BCUT2D eigenvalue weighted by molar-refractivity contribution is -0.143. The van der Waals surface area contributed by atoms with Gasteiger partial charge in [-0.15, -0.1) is 0 Å². The fourth-order valence-corrected chi connectivity index (χ4v) is 3.87. The second-order valence-corrected chi connectivity index (χ2v) is 5.88. The largest absolute Gasteiger partial charge is 0.480 e. The molecule has 0 radical (unpaired) electrons. The zero-order valence-electron chi connectivity index (χ0n) is 11.3. The van der Waals surface area contributed by atoms with Crippen molar-refractivity contribution in [2.75, 3.05) is 6.54 Å². The molecule has 4 nitrogen and oxygen atoms in total. The first kappa shape index (κ1) is 13.1. The number of fused-ring (bicyclic) bond motifs is 1. The van der Waals surface area contributed by atoms with Crippen LogP contribution in [0.5, 0.6) is 0 Å². The summed E-state index contributed by atoms with van der Waals surface area (Å²) in [6, 6.07) is 9.23. The van der Waals surface area contributed by atoms with Gasteiger partial charge in [-0.2, -0.15) is 5.26 Å². The van der Waals surface area contributed by atoms with Crippen LogP contribution in [0.3, 0.4) is 0 Å². The number of rotatable bonds is 3. The van der Waals surface area contributed by atoms with Crippen LogP contribution >= 0.6 is 0 Å². The summed E-state index contributed by atoms with van der Waals surface area (Å²) in [7, 11) is 0. The van der Waals surface area contributed by atoms with Gasteiger partial charge >= 0.3 is 5.97 Å². The normalized spacial score (nSPS) is 29.1. The van der Waals surface area contributed by atoms with Gasteiger partial charge in [0.1, 0.15) is 6.04 Å². The Labute approximate surface area is 118 Å². The van der Waals surface area contributed by atoms with Crippen LogP contribution in [-0.2, 0) is 11.3 Å². The summed E-state index contributed by atoms with van der Waals surface area (Å²) in [5.41, 5.74) is 1.66. The highest BCUT2D eigenvalue weighted by atomic mass is 16.4. The average molecular weight is 270 g/mol. The van der Waals surface area contributed by atoms with E-state index < -0.39 is 5.97 Å². The zero-order valence-corrected chi connectivity index (χ0v) is 11.3. The second-order valence-electron chi connectivity index (χ2n) is 5.88. The molecule has 3 unspecified atom stereocenters. The first-order valence-corrected chi connectivity index (χ1v) is 7.15. The molecule has 1 heterocycles. The Hall–Kier alpha value is -1.86. The summed E-state index contributed by atoms with van der Waals surface area (Å²) >= 11 is 0. The molecule has 1 aromatic rings. The Kier molecular flexibility index (Phi) is 3.45. The third-order valence-electron chi connectivity index (χ3n) is 4.68. The molecule has 0 amide bonds. The number of hydrogen-bond donors (Lipinski definition) is 1. The lowest BCUT2D eigenvalue weighted by Crippen LogP contribution is -2.39. The van der Waals surface area contributed by atoms with Gasteiger partial charge in [0, 0.05) is 13.1 Å². The van der Waals surface area contributed by atoms with Crippen molar-refractivity contribution in [3.8, 4) is 6.07 Å². The Morgan fingerprint density at radius 1 is 1.45 bits per heavy atom. The molecule has 2 fully saturated rings. The topological polar surface area (TPSA) is 64.3 Å². The van der Waals surface area contributed by atoms with Crippen molar-refractivity contribution >= 4 is 5.97 Å². The molecule has 1 aromatic carbocycles. The minimum absolute atomic E-state index is 0.312.